The number of nitrogens with one attached hydrogen (secondary N) is 1. The summed E-state index contributed by atoms with van der Waals surface area (Å²) in [7, 11) is 0. The van der Waals surface area contributed by atoms with Gasteiger partial charge in [0, 0.05) is 39.1 Å². The molecule has 0 unspecified atom stereocenters. The Balaban J connectivity index is 1.42. The van der Waals surface area contributed by atoms with E-state index in [9.17, 15) is 0 Å². The largest absolute Gasteiger partial charge is 0.494 e. The van der Waals surface area contributed by atoms with Gasteiger partial charge < -0.3 is 14.8 Å². The molecule has 1 aliphatic rings. The molecule has 0 aromatic heterocycles. The number of hydrogen-bond acceptors (Lipinski definition) is 4. The second kappa shape index (κ2) is 9.44. The van der Waals surface area contributed by atoms with Gasteiger partial charge in [-0.3, -0.25) is 4.90 Å². The van der Waals surface area contributed by atoms with E-state index in [1.807, 2.05) is 31.2 Å². The fraction of sp³-hybridized carbons (Fsp3) is 0.429. The molecule has 0 bridgehead atoms. The summed E-state index contributed by atoms with van der Waals surface area (Å²) in [6.45, 7) is 8.87. The molecule has 0 amide bonds. The molecule has 1 N–H and O–H groups in total. The van der Waals surface area contributed by atoms with Crippen LogP contribution in [0.25, 0.3) is 0 Å². The van der Waals surface area contributed by atoms with Crippen molar-refractivity contribution in [1.82, 2.24) is 10.2 Å². The van der Waals surface area contributed by atoms with Crippen molar-refractivity contribution >= 4 is 0 Å². The van der Waals surface area contributed by atoms with Crippen LogP contribution in [-0.2, 0) is 13.0 Å². The normalized spacial score (nSPS) is 15.1. The maximum Gasteiger partial charge on any atom is 0.119 e. The second-order valence-electron chi connectivity index (χ2n) is 6.35. The molecule has 4 heteroatoms. The molecule has 2 aromatic carbocycles. The van der Waals surface area contributed by atoms with Crippen molar-refractivity contribution in [2.45, 2.75) is 19.9 Å². The first-order chi connectivity index (χ1) is 12.3. The van der Waals surface area contributed by atoms with E-state index in [-0.39, 0.29) is 0 Å². The molecule has 25 heavy (non-hydrogen) atoms. The van der Waals surface area contributed by atoms with E-state index in [4.69, 9.17) is 9.47 Å². The van der Waals surface area contributed by atoms with Gasteiger partial charge in [-0.25, -0.2) is 0 Å². The van der Waals surface area contributed by atoms with E-state index in [0.717, 1.165) is 50.6 Å². The topological polar surface area (TPSA) is 33.7 Å². The summed E-state index contributed by atoms with van der Waals surface area (Å²) in [6.07, 6.45) is 0.918. The molecule has 1 heterocycles. The predicted molar refractivity (Wildman–Crippen MR) is 101 cm³/mol. The highest BCUT2D eigenvalue weighted by atomic mass is 16.5. The van der Waals surface area contributed by atoms with Gasteiger partial charge in [-0.1, -0.05) is 24.3 Å². The summed E-state index contributed by atoms with van der Waals surface area (Å²) in [5.41, 5.74) is 2.70. The Morgan fingerprint density at radius 3 is 2.08 bits per heavy atom. The Kier molecular flexibility index (Phi) is 6.71. The molecule has 134 valence electrons. The lowest BCUT2D eigenvalue weighted by Crippen LogP contribution is -2.42. The van der Waals surface area contributed by atoms with Gasteiger partial charge in [0.05, 0.1) is 13.2 Å². The number of piperazine rings is 1. The highest BCUT2D eigenvalue weighted by Gasteiger charge is 2.09. The molecule has 2 aromatic rings. The number of ether oxygens (including phenoxy) is 2. The fourth-order valence-electron chi connectivity index (χ4n) is 3.02. The molecular formula is C21H28N2O2. The summed E-state index contributed by atoms with van der Waals surface area (Å²) >= 11 is 0. The van der Waals surface area contributed by atoms with E-state index < -0.39 is 0 Å². The monoisotopic (exact) mass is 340 g/mol. The lowest BCUT2D eigenvalue weighted by molar-refractivity contribution is 0.233. The Labute approximate surface area is 150 Å². The summed E-state index contributed by atoms with van der Waals surface area (Å²) in [6, 6.07) is 16.7. The van der Waals surface area contributed by atoms with E-state index in [1.165, 1.54) is 11.1 Å². The van der Waals surface area contributed by atoms with Crippen molar-refractivity contribution < 1.29 is 9.47 Å². The van der Waals surface area contributed by atoms with Crippen LogP contribution in [0.4, 0.5) is 0 Å². The third-order valence-electron chi connectivity index (χ3n) is 4.43. The van der Waals surface area contributed by atoms with E-state index in [2.05, 4.69) is 34.5 Å². The van der Waals surface area contributed by atoms with Crippen LogP contribution in [0.2, 0.25) is 0 Å². The summed E-state index contributed by atoms with van der Waals surface area (Å²) < 4.78 is 11.3. The minimum Gasteiger partial charge on any atom is -0.494 e. The zero-order valence-electron chi connectivity index (χ0n) is 15.0. The van der Waals surface area contributed by atoms with Crippen molar-refractivity contribution in [2.75, 3.05) is 39.4 Å². The molecule has 0 spiro atoms. The van der Waals surface area contributed by atoms with Crippen LogP contribution in [0.3, 0.4) is 0 Å². The Morgan fingerprint density at radius 2 is 1.44 bits per heavy atom. The number of hydrogen-bond donors (Lipinski definition) is 1. The second-order valence-corrected chi connectivity index (χ2v) is 6.35. The Hall–Kier alpha value is -2.04. The van der Waals surface area contributed by atoms with Gasteiger partial charge in [-0.2, -0.15) is 0 Å². The number of benzene rings is 2. The van der Waals surface area contributed by atoms with Gasteiger partial charge in [-0.15, -0.1) is 0 Å². The van der Waals surface area contributed by atoms with Crippen LogP contribution >= 0.6 is 0 Å². The maximum absolute atomic E-state index is 5.82. The van der Waals surface area contributed by atoms with E-state index in [1.54, 1.807) is 0 Å². The zero-order chi connectivity index (χ0) is 17.3. The van der Waals surface area contributed by atoms with Gasteiger partial charge in [0.15, 0.2) is 0 Å². The molecule has 1 saturated heterocycles. The average molecular weight is 340 g/mol. The maximum atomic E-state index is 5.82. The molecule has 0 saturated carbocycles. The summed E-state index contributed by atoms with van der Waals surface area (Å²) in [5, 5.41) is 3.39. The average Bonchev–Trinajstić information content (AvgIpc) is 2.66. The van der Waals surface area contributed by atoms with Crippen LogP contribution in [0.15, 0.2) is 48.5 Å². The molecule has 0 atom stereocenters. The first kappa shape index (κ1) is 17.8. The highest BCUT2D eigenvalue weighted by Crippen LogP contribution is 2.18. The first-order valence-corrected chi connectivity index (χ1v) is 9.20. The zero-order valence-corrected chi connectivity index (χ0v) is 15.0. The minimum absolute atomic E-state index is 0.685. The Bertz CT molecular complexity index is 619. The van der Waals surface area contributed by atoms with Gasteiger partial charge in [0.2, 0.25) is 0 Å². The van der Waals surface area contributed by atoms with E-state index in [0.29, 0.717) is 13.2 Å². The van der Waals surface area contributed by atoms with E-state index >= 15 is 0 Å². The van der Waals surface area contributed by atoms with Crippen molar-refractivity contribution in [2.24, 2.45) is 0 Å². The molecule has 1 aliphatic heterocycles. The quantitative estimate of drug-likeness (QED) is 0.801. The molecule has 0 radical (unpaired) electrons. The van der Waals surface area contributed by atoms with Crippen molar-refractivity contribution in [3.8, 4) is 11.5 Å². The smallest absolute Gasteiger partial charge is 0.119 e. The van der Waals surface area contributed by atoms with Crippen molar-refractivity contribution in [1.29, 1.82) is 0 Å². The molecular weight excluding hydrogens is 312 g/mol. The van der Waals surface area contributed by atoms with Crippen LogP contribution < -0.4 is 14.8 Å². The lowest BCUT2D eigenvalue weighted by Gasteiger charge is -2.27. The van der Waals surface area contributed by atoms with Gasteiger partial charge >= 0.3 is 0 Å². The fourth-order valence-corrected chi connectivity index (χ4v) is 3.02. The lowest BCUT2D eigenvalue weighted by atomic mass is 10.1. The van der Waals surface area contributed by atoms with Gasteiger partial charge in [0.25, 0.3) is 0 Å². The predicted octanol–water partition coefficient (Wildman–Crippen LogP) is 3.11. The van der Waals surface area contributed by atoms with Gasteiger partial charge in [0.1, 0.15) is 11.5 Å². The van der Waals surface area contributed by atoms with Crippen LogP contribution in [0.5, 0.6) is 11.5 Å². The number of rotatable bonds is 8. The van der Waals surface area contributed by atoms with Gasteiger partial charge in [-0.05, 0) is 42.3 Å². The molecule has 4 nitrogen and oxygen atoms in total. The Morgan fingerprint density at radius 1 is 0.840 bits per heavy atom. The molecule has 0 aliphatic carbocycles. The SMILES string of the molecule is CCOc1ccc(OCCc2ccc(CN3CCNCC3)cc2)cc1. The minimum atomic E-state index is 0.685. The first-order valence-electron chi connectivity index (χ1n) is 9.20. The standard InChI is InChI=1S/C21H28N2O2/c1-2-24-20-7-9-21(10-8-20)25-16-11-18-3-5-19(6-4-18)17-23-14-12-22-13-15-23/h3-10,22H,2,11-17H2,1H3. The highest BCUT2D eigenvalue weighted by molar-refractivity contribution is 5.31. The van der Waals surface area contributed by atoms with Crippen LogP contribution in [-0.4, -0.2) is 44.3 Å². The van der Waals surface area contributed by atoms with Crippen molar-refractivity contribution in [3.63, 3.8) is 0 Å². The third-order valence-corrected chi connectivity index (χ3v) is 4.43. The molecule has 3 rings (SSSR count). The van der Waals surface area contributed by atoms with Crippen LogP contribution in [0, 0.1) is 0 Å². The third kappa shape index (κ3) is 5.76. The summed E-state index contributed by atoms with van der Waals surface area (Å²) in [5.74, 6) is 1.77. The van der Waals surface area contributed by atoms with Crippen LogP contribution in [0.1, 0.15) is 18.1 Å². The van der Waals surface area contributed by atoms with Crippen molar-refractivity contribution in [3.05, 3.63) is 59.7 Å². The molecule has 1 fully saturated rings. The summed E-state index contributed by atoms with van der Waals surface area (Å²) in [4.78, 5) is 2.50. The number of nitrogens with zero attached hydrogens (tertiary/aromatic N) is 1.